The standard InChI is InChI=1S/C24H32N4O2/c1-8-20-26-21-16(3)14-17(4)25-22(21)28(20)15-18-10-12-19(13-11-18)27(9-2)23(29)30-24(5,6)7/h10-14H,8-9,15H2,1-7H3. The summed E-state index contributed by atoms with van der Waals surface area (Å²) in [7, 11) is 0. The third kappa shape index (κ3) is 4.64. The zero-order chi connectivity index (χ0) is 22.1. The Morgan fingerprint density at radius 1 is 1.10 bits per heavy atom. The molecule has 6 heteroatoms. The Balaban J connectivity index is 1.88. The number of carbonyl (C=O) groups is 1. The van der Waals surface area contributed by atoms with E-state index in [2.05, 4.69) is 36.6 Å². The fraction of sp³-hybridized carbons (Fsp3) is 0.458. The first-order chi connectivity index (χ1) is 14.1. The number of benzene rings is 1. The molecule has 2 heterocycles. The quantitative estimate of drug-likeness (QED) is 0.565. The van der Waals surface area contributed by atoms with Gasteiger partial charge in [-0.05, 0) is 70.9 Å². The van der Waals surface area contributed by atoms with E-state index in [9.17, 15) is 4.79 Å². The zero-order valence-electron chi connectivity index (χ0n) is 19.1. The van der Waals surface area contributed by atoms with Crippen LogP contribution >= 0.6 is 0 Å². The maximum absolute atomic E-state index is 12.5. The topological polar surface area (TPSA) is 60.2 Å². The van der Waals surface area contributed by atoms with Gasteiger partial charge in [0.15, 0.2) is 5.65 Å². The van der Waals surface area contributed by atoms with Gasteiger partial charge in [-0.1, -0.05) is 19.1 Å². The van der Waals surface area contributed by atoms with Crippen molar-refractivity contribution in [1.82, 2.24) is 14.5 Å². The number of aryl methyl sites for hydroxylation is 3. The Morgan fingerprint density at radius 2 is 1.77 bits per heavy atom. The number of aromatic nitrogens is 3. The van der Waals surface area contributed by atoms with Gasteiger partial charge in [-0.2, -0.15) is 0 Å². The minimum absolute atomic E-state index is 0.332. The first-order valence-electron chi connectivity index (χ1n) is 10.6. The highest BCUT2D eigenvalue weighted by Gasteiger charge is 2.22. The maximum atomic E-state index is 12.5. The third-order valence-electron chi connectivity index (χ3n) is 4.94. The molecule has 30 heavy (non-hydrogen) atoms. The molecule has 0 spiro atoms. The molecule has 0 radical (unpaired) electrons. The van der Waals surface area contributed by atoms with E-state index in [-0.39, 0.29) is 6.09 Å². The van der Waals surface area contributed by atoms with Crippen LogP contribution in [-0.4, -0.2) is 32.8 Å². The summed E-state index contributed by atoms with van der Waals surface area (Å²) in [4.78, 5) is 23.7. The molecule has 0 aliphatic carbocycles. The Labute approximate surface area is 178 Å². The van der Waals surface area contributed by atoms with Crippen molar-refractivity contribution < 1.29 is 9.53 Å². The Bertz CT molecular complexity index is 1050. The highest BCUT2D eigenvalue weighted by Crippen LogP contribution is 2.23. The number of hydrogen-bond acceptors (Lipinski definition) is 4. The first kappa shape index (κ1) is 21.8. The molecule has 0 atom stereocenters. The average molecular weight is 409 g/mol. The molecule has 3 aromatic rings. The molecular weight excluding hydrogens is 376 g/mol. The van der Waals surface area contributed by atoms with Crippen molar-refractivity contribution in [3.8, 4) is 0 Å². The van der Waals surface area contributed by atoms with Crippen LogP contribution in [0.2, 0.25) is 0 Å². The van der Waals surface area contributed by atoms with Crippen LogP contribution in [0.1, 0.15) is 57.3 Å². The summed E-state index contributed by atoms with van der Waals surface area (Å²) in [6, 6.07) is 10.1. The van der Waals surface area contributed by atoms with Crippen molar-refractivity contribution in [2.24, 2.45) is 0 Å². The summed E-state index contributed by atoms with van der Waals surface area (Å²) in [5.74, 6) is 1.03. The van der Waals surface area contributed by atoms with Gasteiger partial charge >= 0.3 is 6.09 Å². The van der Waals surface area contributed by atoms with Crippen molar-refractivity contribution in [2.75, 3.05) is 11.4 Å². The number of fused-ring (bicyclic) bond motifs is 1. The van der Waals surface area contributed by atoms with E-state index in [1.165, 1.54) is 0 Å². The number of pyridine rings is 1. The molecule has 0 saturated carbocycles. The Hall–Kier alpha value is -2.89. The van der Waals surface area contributed by atoms with Gasteiger partial charge in [0, 0.05) is 24.3 Å². The second kappa shape index (κ2) is 8.46. The van der Waals surface area contributed by atoms with Gasteiger partial charge in [0.2, 0.25) is 0 Å². The predicted octanol–water partition coefficient (Wildman–Crippen LogP) is 5.42. The van der Waals surface area contributed by atoms with Gasteiger partial charge in [0.1, 0.15) is 16.9 Å². The second-order valence-electron chi connectivity index (χ2n) is 8.61. The molecule has 6 nitrogen and oxygen atoms in total. The normalized spacial score (nSPS) is 11.7. The zero-order valence-corrected chi connectivity index (χ0v) is 19.1. The Kier molecular flexibility index (Phi) is 6.15. The highest BCUT2D eigenvalue weighted by atomic mass is 16.6. The molecule has 0 N–H and O–H groups in total. The van der Waals surface area contributed by atoms with Gasteiger partial charge in [-0.15, -0.1) is 0 Å². The van der Waals surface area contributed by atoms with Crippen LogP contribution in [0.3, 0.4) is 0 Å². The number of imidazole rings is 1. The number of nitrogens with zero attached hydrogens (tertiary/aromatic N) is 4. The summed E-state index contributed by atoms with van der Waals surface area (Å²) in [6.45, 7) is 15.0. The number of amides is 1. The summed E-state index contributed by atoms with van der Waals surface area (Å²) in [5, 5.41) is 0. The molecule has 0 aliphatic heterocycles. The molecule has 160 valence electrons. The van der Waals surface area contributed by atoms with Crippen LogP contribution in [0.4, 0.5) is 10.5 Å². The summed E-state index contributed by atoms with van der Waals surface area (Å²) in [5.41, 5.74) is 5.48. The third-order valence-corrected chi connectivity index (χ3v) is 4.94. The number of anilines is 1. The van der Waals surface area contributed by atoms with E-state index in [4.69, 9.17) is 14.7 Å². The van der Waals surface area contributed by atoms with Gasteiger partial charge in [-0.25, -0.2) is 14.8 Å². The minimum Gasteiger partial charge on any atom is -0.443 e. The van der Waals surface area contributed by atoms with E-state index in [0.717, 1.165) is 45.9 Å². The second-order valence-corrected chi connectivity index (χ2v) is 8.61. The first-order valence-corrected chi connectivity index (χ1v) is 10.6. The molecule has 0 bridgehead atoms. The van der Waals surface area contributed by atoms with Crippen LogP contribution in [0, 0.1) is 13.8 Å². The van der Waals surface area contributed by atoms with E-state index < -0.39 is 5.60 Å². The van der Waals surface area contributed by atoms with E-state index in [1.807, 2.05) is 46.8 Å². The highest BCUT2D eigenvalue weighted by molar-refractivity contribution is 5.87. The van der Waals surface area contributed by atoms with Crippen LogP contribution < -0.4 is 4.90 Å². The monoisotopic (exact) mass is 408 g/mol. The SMILES string of the molecule is CCc1nc2c(C)cc(C)nc2n1Cc1ccc(N(CC)C(=O)OC(C)(C)C)cc1. The predicted molar refractivity (Wildman–Crippen MR) is 121 cm³/mol. The largest absolute Gasteiger partial charge is 0.443 e. The fourth-order valence-electron chi connectivity index (χ4n) is 3.58. The number of rotatable bonds is 5. The van der Waals surface area contributed by atoms with Crippen molar-refractivity contribution in [2.45, 2.75) is 67.0 Å². The van der Waals surface area contributed by atoms with Crippen molar-refractivity contribution in [3.05, 3.63) is 53.0 Å². The maximum Gasteiger partial charge on any atom is 0.414 e. The number of ether oxygens (including phenoxy) is 1. The average Bonchev–Trinajstić information content (AvgIpc) is 3.00. The van der Waals surface area contributed by atoms with Crippen LogP contribution in [0.5, 0.6) is 0 Å². The number of carbonyl (C=O) groups excluding carboxylic acids is 1. The van der Waals surface area contributed by atoms with Crippen LogP contribution in [-0.2, 0) is 17.7 Å². The van der Waals surface area contributed by atoms with Crippen molar-refractivity contribution in [3.63, 3.8) is 0 Å². The lowest BCUT2D eigenvalue weighted by Crippen LogP contribution is -2.36. The summed E-state index contributed by atoms with van der Waals surface area (Å²) in [6.07, 6.45) is 0.511. The Morgan fingerprint density at radius 3 is 2.33 bits per heavy atom. The van der Waals surface area contributed by atoms with Gasteiger partial charge < -0.3 is 9.30 Å². The van der Waals surface area contributed by atoms with Crippen molar-refractivity contribution in [1.29, 1.82) is 0 Å². The lowest BCUT2D eigenvalue weighted by molar-refractivity contribution is 0.0582. The fourth-order valence-corrected chi connectivity index (χ4v) is 3.58. The summed E-state index contributed by atoms with van der Waals surface area (Å²) >= 11 is 0. The number of hydrogen-bond donors (Lipinski definition) is 0. The van der Waals surface area contributed by atoms with E-state index in [1.54, 1.807) is 4.90 Å². The molecule has 0 unspecified atom stereocenters. The molecule has 3 rings (SSSR count). The minimum atomic E-state index is -0.521. The van der Waals surface area contributed by atoms with E-state index in [0.29, 0.717) is 13.1 Å². The molecule has 0 aliphatic rings. The lowest BCUT2D eigenvalue weighted by Gasteiger charge is -2.26. The molecule has 0 fully saturated rings. The van der Waals surface area contributed by atoms with E-state index >= 15 is 0 Å². The smallest absolute Gasteiger partial charge is 0.414 e. The van der Waals surface area contributed by atoms with Gasteiger partial charge in [-0.3, -0.25) is 4.90 Å². The molecule has 0 saturated heterocycles. The van der Waals surface area contributed by atoms with Crippen LogP contribution in [0.25, 0.3) is 11.2 Å². The van der Waals surface area contributed by atoms with Gasteiger partial charge in [0.25, 0.3) is 0 Å². The van der Waals surface area contributed by atoms with Gasteiger partial charge in [0.05, 0.1) is 6.54 Å². The molecule has 1 amide bonds. The molecule has 2 aromatic heterocycles. The lowest BCUT2D eigenvalue weighted by atomic mass is 10.2. The molecular formula is C24H32N4O2. The molecule has 1 aromatic carbocycles. The summed E-state index contributed by atoms with van der Waals surface area (Å²) < 4.78 is 7.72. The van der Waals surface area contributed by atoms with Crippen LogP contribution in [0.15, 0.2) is 30.3 Å². The van der Waals surface area contributed by atoms with Crippen molar-refractivity contribution >= 4 is 22.9 Å².